The van der Waals surface area contributed by atoms with Crippen LogP contribution in [-0.4, -0.2) is 26.1 Å². The van der Waals surface area contributed by atoms with Gasteiger partial charge in [-0.15, -0.1) is 10.2 Å². The van der Waals surface area contributed by atoms with Crippen molar-refractivity contribution in [3.8, 4) is 11.4 Å². The van der Waals surface area contributed by atoms with Gasteiger partial charge in [0.2, 0.25) is 11.7 Å². The summed E-state index contributed by atoms with van der Waals surface area (Å²) < 4.78 is 0. The van der Waals surface area contributed by atoms with Crippen LogP contribution >= 0.6 is 0 Å². The molecule has 0 aliphatic rings. The van der Waals surface area contributed by atoms with Gasteiger partial charge in [-0.25, -0.2) is 0 Å². The number of para-hydroxylation sites is 1. The first-order chi connectivity index (χ1) is 12.3. The van der Waals surface area contributed by atoms with E-state index in [1.807, 2.05) is 55.5 Å². The maximum Gasteiger partial charge on any atom is 0.248 e. The molecule has 1 N–H and O–H groups in total. The Balaban J connectivity index is 1.74. The van der Waals surface area contributed by atoms with Crippen molar-refractivity contribution < 1.29 is 4.79 Å². The molecule has 0 spiro atoms. The summed E-state index contributed by atoms with van der Waals surface area (Å²) in [6, 6.07) is 15.6. The van der Waals surface area contributed by atoms with Gasteiger partial charge < -0.3 is 5.32 Å². The number of nitrogens with zero attached hydrogens (tertiary/aromatic N) is 4. The number of aryl methyl sites for hydroxylation is 1. The third-order valence-corrected chi connectivity index (χ3v) is 4.13. The highest BCUT2D eigenvalue weighted by Gasteiger charge is 2.19. The van der Waals surface area contributed by atoms with Crippen LogP contribution in [-0.2, 0) is 16.8 Å². The average molecular weight is 349 g/mol. The van der Waals surface area contributed by atoms with E-state index in [0.717, 1.165) is 22.4 Å². The minimum Gasteiger partial charge on any atom is -0.324 e. The second-order valence-corrected chi connectivity index (χ2v) is 7.30. The zero-order chi connectivity index (χ0) is 18.7. The molecule has 134 valence electrons. The van der Waals surface area contributed by atoms with Crippen LogP contribution in [0.25, 0.3) is 11.4 Å². The van der Waals surface area contributed by atoms with Gasteiger partial charge in [0, 0.05) is 11.3 Å². The molecule has 0 fully saturated rings. The highest BCUT2D eigenvalue weighted by atomic mass is 16.2. The van der Waals surface area contributed by atoms with Crippen molar-refractivity contribution in [2.24, 2.45) is 0 Å². The number of carbonyl (C=O) groups is 1. The number of tetrazole rings is 1. The molecular weight excluding hydrogens is 326 g/mol. The molecule has 0 unspecified atom stereocenters. The summed E-state index contributed by atoms with van der Waals surface area (Å²) in [7, 11) is 0. The molecule has 1 heterocycles. The third kappa shape index (κ3) is 3.96. The van der Waals surface area contributed by atoms with E-state index in [2.05, 4.69) is 41.5 Å². The molecule has 0 atom stereocenters. The predicted molar refractivity (Wildman–Crippen MR) is 102 cm³/mol. The lowest BCUT2D eigenvalue weighted by Gasteiger charge is -2.22. The Morgan fingerprint density at radius 2 is 1.77 bits per heavy atom. The Bertz CT molecular complexity index is 924. The second kappa shape index (κ2) is 7.07. The van der Waals surface area contributed by atoms with Gasteiger partial charge in [-0.1, -0.05) is 63.2 Å². The van der Waals surface area contributed by atoms with Crippen LogP contribution in [0.4, 0.5) is 5.69 Å². The lowest BCUT2D eigenvalue weighted by Crippen LogP contribution is -2.23. The highest BCUT2D eigenvalue weighted by Crippen LogP contribution is 2.29. The van der Waals surface area contributed by atoms with E-state index in [1.54, 1.807) is 0 Å². The van der Waals surface area contributed by atoms with Crippen LogP contribution in [0.2, 0.25) is 0 Å². The Morgan fingerprint density at radius 3 is 2.50 bits per heavy atom. The molecule has 0 bridgehead atoms. The smallest absolute Gasteiger partial charge is 0.248 e. The molecule has 2 aromatic carbocycles. The molecule has 0 saturated carbocycles. The molecular formula is C20H23N5O. The molecule has 1 amide bonds. The van der Waals surface area contributed by atoms with Gasteiger partial charge in [-0.2, -0.15) is 4.80 Å². The summed E-state index contributed by atoms with van der Waals surface area (Å²) in [5.74, 6) is 0.335. The zero-order valence-corrected chi connectivity index (χ0v) is 15.5. The summed E-state index contributed by atoms with van der Waals surface area (Å²) >= 11 is 0. The summed E-state index contributed by atoms with van der Waals surface area (Å²) in [4.78, 5) is 13.8. The molecule has 6 nitrogen and oxygen atoms in total. The van der Waals surface area contributed by atoms with E-state index < -0.39 is 0 Å². The normalized spacial score (nSPS) is 11.4. The first-order valence-corrected chi connectivity index (χ1v) is 8.58. The van der Waals surface area contributed by atoms with E-state index in [9.17, 15) is 4.79 Å². The topological polar surface area (TPSA) is 72.7 Å². The summed E-state index contributed by atoms with van der Waals surface area (Å²) in [6.07, 6.45) is 0. The van der Waals surface area contributed by atoms with Crippen LogP contribution in [0.5, 0.6) is 0 Å². The third-order valence-electron chi connectivity index (χ3n) is 4.13. The predicted octanol–water partition coefficient (Wildman–Crippen LogP) is 3.58. The van der Waals surface area contributed by atoms with Crippen molar-refractivity contribution in [1.82, 2.24) is 20.2 Å². The summed E-state index contributed by atoms with van der Waals surface area (Å²) in [5, 5.41) is 15.4. The quantitative estimate of drug-likeness (QED) is 0.781. The number of amides is 1. The molecule has 0 radical (unpaired) electrons. The number of hydrogen-bond donors (Lipinski definition) is 1. The van der Waals surface area contributed by atoms with E-state index in [4.69, 9.17) is 0 Å². The lowest BCUT2D eigenvalue weighted by atomic mass is 9.86. The molecule has 0 saturated heterocycles. The van der Waals surface area contributed by atoms with Crippen molar-refractivity contribution in [3.05, 3.63) is 59.7 Å². The lowest BCUT2D eigenvalue weighted by molar-refractivity contribution is -0.117. The van der Waals surface area contributed by atoms with Crippen molar-refractivity contribution in [2.45, 2.75) is 39.7 Å². The number of hydrogen-bond acceptors (Lipinski definition) is 4. The summed E-state index contributed by atoms with van der Waals surface area (Å²) in [6.45, 7) is 8.35. The number of rotatable bonds is 4. The van der Waals surface area contributed by atoms with Gasteiger partial charge in [0.1, 0.15) is 6.54 Å². The monoisotopic (exact) mass is 349 g/mol. The van der Waals surface area contributed by atoms with Crippen LogP contribution in [0.1, 0.15) is 31.9 Å². The number of benzene rings is 2. The highest BCUT2D eigenvalue weighted by molar-refractivity contribution is 5.91. The Morgan fingerprint density at radius 1 is 1.08 bits per heavy atom. The number of anilines is 1. The van der Waals surface area contributed by atoms with Crippen LogP contribution < -0.4 is 5.32 Å². The minimum absolute atomic E-state index is 0.0113. The Kier molecular flexibility index (Phi) is 4.84. The molecule has 6 heteroatoms. The van der Waals surface area contributed by atoms with Crippen LogP contribution in [0.15, 0.2) is 48.5 Å². The SMILES string of the molecule is Cc1ccccc1-c1nnn(CC(=O)Nc2ccccc2C(C)(C)C)n1. The molecule has 0 aliphatic heterocycles. The maximum atomic E-state index is 12.4. The van der Waals surface area contributed by atoms with Crippen molar-refractivity contribution in [1.29, 1.82) is 0 Å². The Labute approximate surface area is 153 Å². The fraction of sp³-hybridized carbons (Fsp3) is 0.300. The van der Waals surface area contributed by atoms with Gasteiger partial charge >= 0.3 is 0 Å². The molecule has 3 rings (SSSR count). The van der Waals surface area contributed by atoms with Gasteiger partial charge in [0.15, 0.2) is 0 Å². The minimum atomic E-state index is -0.185. The zero-order valence-electron chi connectivity index (χ0n) is 15.5. The maximum absolute atomic E-state index is 12.4. The van der Waals surface area contributed by atoms with Crippen LogP contribution in [0, 0.1) is 6.92 Å². The van der Waals surface area contributed by atoms with Gasteiger partial charge in [0.05, 0.1) is 0 Å². The van der Waals surface area contributed by atoms with Gasteiger partial charge in [0.25, 0.3) is 0 Å². The molecule has 3 aromatic rings. The number of carbonyl (C=O) groups excluding carboxylic acids is 1. The molecule has 1 aromatic heterocycles. The van der Waals surface area contributed by atoms with E-state index >= 15 is 0 Å². The first-order valence-electron chi connectivity index (χ1n) is 8.58. The van der Waals surface area contributed by atoms with E-state index in [1.165, 1.54) is 4.80 Å². The standard InChI is InChI=1S/C20H23N5O/c1-14-9-5-6-10-15(14)19-22-24-25(23-19)13-18(26)21-17-12-8-7-11-16(17)20(2,3)4/h5-12H,13H2,1-4H3,(H,21,26). The molecule has 26 heavy (non-hydrogen) atoms. The fourth-order valence-electron chi connectivity index (χ4n) is 2.81. The fourth-order valence-corrected chi connectivity index (χ4v) is 2.81. The number of nitrogens with one attached hydrogen (secondary N) is 1. The van der Waals surface area contributed by atoms with Crippen molar-refractivity contribution >= 4 is 11.6 Å². The van der Waals surface area contributed by atoms with E-state index in [-0.39, 0.29) is 17.9 Å². The van der Waals surface area contributed by atoms with Crippen LogP contribution in [0.3, 0.4) is 0 Å². The molecule has 0 aliphatic carbocycles. The van der Waals surface area contributed by atoms with Crippen molar-refractivity contribution in [2.75, 3.05) is 5.32 Å². The van der Waals surface area contributed by atoms with Crippen molar-refractivity contribution in [3.63, 3.8) is 0 Å². The first kappa shape index (κ1) is 17.8. The Hall–Kier alpha value is -3.02. The van der Waals surface area contributed by atoms with Gasteiger partial charge in [-0.3, -0.25) is 4.79 Å². The van der Waals surface area contributed by atoms with E-state index in [0.29, 0.717) is 5.82 Å². The summed E-state index contributed by atoms with van der Waals surface area (Å²) in [5.41, 5.74) is 3.81. The number of aromatic nitrogens is 4. The van der Waals surface area contributed by atoms with Gasteiger partial charge in [-0.05, 0) is 34.7 Å². The average Bonchev–Trinajstić information content (AvgIpc) is 3.03. The largest absolute Gasteiger partial charge is 0.324 e. The second-order valence-electron chi connectivity index (χ2n) is 7.30.